The number of rotatable bonds is 3. The summed E-state index contributed by atoms with van der Waals surface area (Å²) in [5, 5.41) is 3.97. The van der Waals surface area contributed by atoms with Crippen LogP contribution in [0.5, 0.6) is 0 Å². The van der Waals surface area contributed by atoms with E-state index in [4.69, 9.17) is 0 Å². The lowest BCUT2D eigenvalue weighted by Gasteiger charge is -1.95. The monoisotopic (exact) mass is 224 g/mol. The summed E-state index contributed by atoms with van der Waals surface area (Å²) >= 11 is 1.53. The zero-order chi connectivity index (χ0) is 10.7. The van der Waals surface area contributed by atoms with E-state index >= 15 is 0 Å². The first-order chi connectivity index (χ1) is 7.29. The van der Waals surface area contributed by atoms with Crippen LogP contribution in [0.15, 0.2) is 18.0 Å². The minimum atomic E-state index is -0.530. The van der Waals surface area contributed by atoms with Gasteiger partial charge >= 0.3 is 5.97 Å². The molecule has 15 heavy (non-hydrogen) atoms. The maximum atomic E-state index is 11.1. The molecule has 78 valence electrons. The second-order valence-corrected chi connectivity index (χ2v) is 3.70. The van der Waals surface area contributed by atoms with Gasteiger partial charge in [0, 0.05) is 11.1 Å². The number of thiazole rings is 1. The zero-order valence-electron chi connectivity index (χ0n) is 7.95. The smallest absolute Gasteiger partial charge is 0.377 e. The molecule has 0 bridgehead atoms. The van der Waals surface area contributed by atoms with E-state index in [1.165, 1.54) is 24.8 Å². The van der Waals surface area contributed by atoms with Gasteiger partial charge < -0.3 is 4.74 Å². The lowest BCUT2D eigenvalue weighted by atomic mass is 10.5. The average Bonchev–Trinajstić information content (AvgIpc) is 2.88. The molecule has 0 saturated heterocycles. The average molecular weight is 224 g/mol. The Kier molecular flexibility index (Phi) is 2.72. The van der Waals surface area contributed by atoms with E-state index in [1.807, 2.05) is 0 Å². The molecule has 2 rings (SSSR count). The third-order valence-electron chi connectivity index (χ3n) is 1.71. The SMILES string of the molecule is COC(=O)c1ncn(Cc2cncs2)n1. The first kappa shape index (κ1) is 9.78. The van der Waals surface area contributed by atoms with E-state index < -0.39 is 5.97 Å². The molecule has 2 aromatic rings. The van der Waals surface area contributed by atoms with Crippen LogP contribution in [0, 0.1) is 0 Å². The number of ether oxygens (including phenoxy) is 1. The Morgan fingerprint density at radius 1 is 1.67 bits per heavy atom. The Morgan fingerprint density at radius 2 is 2.53 bits per heavy atom. The van der Waals surface area contributed by atoms with Gasteiger partial charge in [-0.25, -0.2) is 14.5 Å². The Bertz CT molecular complexity index is 451. The predicted molar refractivity (Wildman–Crippen MR) is 52.6 cm³/mol. The minimum absolute atomic E-state index is 0.0713. The maximum Gasteiger partial charge on any atom is 0.377 e. The van der Waals surface area contributed by atoms with Gasteiger partial charge in [0.25, 0.3) is 5.82 Å². The molecular weight excluding hydrogens is 216 g/mol. The molecule has 2 heterocycles. The van der Waals surface area contributed by atoms with Gasteiger partial charge in [0.05, 0.1) is 19.2 Å². The van der Waals surface area contributed by atoms with E-state index in [0.29, 0.717) is 6.54 Å². The molecule has 0 fully saturated rings. The summed E-state index contributed by atoms with van der Waals surface area (Å²) in [6, 6.07) is 0. The Labute approximate surface area is 89.5 Å². The molecule has 0 saturated carbocycles. The number of aromatic nitrogens is 4. The van der Waals surface area contributed by atoms with E-state index in [0.717, 1.165) is 4.88 Å². The molecule has 2 aromatic heterocycles. The molecule has 0 N–H and O–H groups in total. The Balaban J connectivity index is 2.11. The van der Waals surface area contributed by atoms with Crippen molar-refractivity contribution in [3.05, 3.63) is 28.7 Å². The van der Waals surface area contributed by atoms with Crippen LogP contribution in [0.4, 0.5) is 0 Å². The second kappa shape index (κ2) is 4.18. The van der Waals surface area contributed by atoms with Crippen molar-refractivity contribution in [3.8, 4) is 0 Å². The number of hydrogen-bond donors (Lipinski definition) is 0. The number of carbonyl (C=O) groups excluding carboxylic acids is 1. The summed E-state index contributed by atoms with van der Waals surface area (Å²) < 4.78 is 6.07. The number of hydrogen-bond acceptors (Lipinski definition) is 6. The van der Waals surface area contributed by atoms with Crippen molar-refractivity contribution in [2.24, 2.45) is 0 Å². The summed E-state index contributed by atoms with van der Waals surface area (Å²) in [7, 11) is 1.30. The van der Waals surface area contributed by atoms with E-state index in [9.17, 15) is 4.79 Å². The van der Waals surface area contributed by atoms with Crippen molar-refractivity contribution in [2.45, 2.75) is 6.54 Å². The van der Waals surface area contributed by atoms with Crippen LogP contribution in [0.25, 0.3) is 0 Å². The fourth-order valence-corrected chi connectivity index (χ4v) is 1.62. The molecule has 0 aliphatic rings. The highest BCUT2D eigenvalue weighted by molar-refractivity contribution is 7.09. The lowest BCUT2D eigenvalue weighted by Crippen LogP contribution is -2.06. The highest BCUT2D eigenvalue weighted by Crippen LogP contribution is 2.07. The van der Waals surface area contributed by atoms with Gasteiger partial charge in [0.2, 0.25) is 0 Å². The van der Waals surface area contributed by atoms with Crippen molar-refractivity contribution in [1.82, 2.24) is 19.7 Å². The van der Waals surface area contributed by atoms with Crippen LogP contribution in [-0.4, -0.2) is 32.8 Å². The predicted octanol–water partition coefficient (Wildman–Crippen LogP) is 0.570. The lowest BCUT2D eigenvalue weighted by molar-refractivity contribution is 0.0586. The van der Waals surface area contributed by atoms with Gasteiger partial charge in [-0.3, -0.25) is 4.98 Å². The molecular formula is C8H8N4O2S. The summed E-state index contributed by atoms with van der Waals surface area (Å²) in [4.78, 5) is 19.9. The van der Waals surface area contributed by atoms with Crippen molar-refractivity contribution in [3.63, 3.8) is 0 Å². The first-order valence-electron chi connectivity index (χ1n) is 4.14. The molecule has 0 amide bonds. The van der Waals surface area contributed by atoms with Gasteiger partial charge in [0.1, 0.15) is 6.33 Å². The topological polar surface area (TPSA) is 69.9 Å². The van der Waals surface area contributed by atoms with Gasteiger partial charge in [0.15, 0.2) is 0 Å². The van der Waals surface area contributed by atoms with Crippen molar-refractivity contribution >= 4 is 17.3 Å². The van der Waals surface area contributed by atoms with E-state index in [2.05, 4.69) is 19.8 Å². The first-order valence-corrected chi connectivity index (χ1v) is 5.02. The summed E-state index contributed by atoms with van der Waals surface area (Å²) in [5.41, 5.74) is 1.74. The third kappa shape index (κ3) is 2.18. The standard InChI is InChI=1S/C8H8N4O2S/c1-14-8(13)7-10-4-12(11-7)3-6-2-9-5-15-6/h2,4-5H,3H2,1H3. The second-order valence-electron chi connectivity index (χ2n) is 2.73. The van der Waals surface area contributed by atoms with Crippen LogP contribution in [0.1, 0.15) is 15.5 Å². The molecule has 0 aliphatic heterocycles. The third-order valence-corrected chi connectivity index (χ3v) is 2.47. The number of carbonyl (C=O) groups is 1. The molecule has 0 spiro atoms. The maximum absolute atomic E-state index is 11.1. The highest BCUT2D eigenvalue weighted by Gasteiger charge is 2.11. The van der Waals surface area contributed by atoms with Gasteiger partial charge in [-0.2, -0.15) is 0 Å². The van der Waals surface area contributed by atoms with Crippen molar-refractivity contribution in [2.75, 3.05) is 7.11 Å². The molecule has 0 aromatic carbocycles. The van der Waals surface area contributed by atoms with Crippen molar-refractivity contribution in [1.29, 1.82) is 0 Å². The van der Waals surface area contributed by atoms with Crippen LogP contribution < -0.4 is 0 Å². The fraction of sp³-hybridized carbons (Fsp3) is 0.250. The van der Waals surface area contributed by atoms with Crippen molar-refractivity contribution < 1.29 is 9.53 Å². The molecule has 7 heteroatoms. The molecule has 6 nitrogen and oxygen atoms in total. The number of nitrogens with zero attached hydrogens (tertiary/aromatic N) is 4. The summed E-state index contributed by atoms with van der Waals surface area (Å²) in [5.74, 6) is -0.458. The molecule has 0 atom stereocenters. The normalized spacial score (nSPS) is 10.2. The number of esters is 1. The van der Waals surface area contributed by atoms with E-state index in [-0.39, 0.29) is 5.82 Å². The largest absolute Gasteiger partial charge is 0.463 e. The molecule has 0 unspecified atom stereocenters. The molecule has 0 radical (unpaired) electrons. The van der Waals surface area contributed by atoms with Gasteiger partial charge in [-0.05, 0) is 0 Å². The molecule has 0 aliphatic carbocycles. The fourth-order valence-electron chi connectivity index (χ4n) is 1.04. The quantitative estimate of drug-likeness (QED) is 0.713. The minimum Gasteiger partial charge on any atom is -0.463 e. The van der Waals surface area contributed by atoms with Crippen LogP contribution in [0.3, 0.4) is 0 Å². The van der Waals surface area contributed by atoms with Crippen LogP contribution in [0.2, 0.25) is 0 Å². The Hall–Kier alpha value is -1.76. The van der Waals surface area contributed by atoms with Crippen LogP contribution >= 0.6 is 11.3 Å². The van der Waals surface area contributed by atoms with Crippen LogP contribution in [-0.2, 0) is 11.3 Å². The summed E-state index contributed by atoms with van der Waals surface area (Å²) in [6.45, 7) is 0.564. The highest BCUT2D eigenvalue weighted by atomic mass is 32.1. The van der Waals surface area contributed by atoms with Gasteiger partial charge in [-0.15, -0.1) is 16.4 Å². The zero-order valence-corrected chi connectivity index (χ0v) is 8.77. The number of methoxy groups -OCH3 is 1. The van der Waals surface area contributed by atoms with Gasteiger partial charge in [-0.1, -0.05) is 0 Å². The Morgan fingerprint density at radius 3 is 3.20 bits per heavy atom. The summed E-state index contributed by atoms with van der Waals surface area (Å²) in [6.07, 6.45) is 3.25. The van der Waals surface area contributed by atoms with E-state index in [1.54, 1.807) is 16.4 Å².